The number of hydrogen-bond donors (Lipinski definition) is 1. The molecule has 0 aliphatic carbocycles. The number of rotatable bonds is 3. The third-order valence-electron chi connectivity index (χ3n) is 1.12. The number of amides is 2. The first-order valence-corrected chi connectivity index (χ1v) is 3.30. The van der Waals surface area contributed by atoms with Crippen molar-refractivity contribution in [3.05, 3.63) is 12.7 Å². The molecule has 0 aliphatic rings. The summed E-state index contributed by atoms with van der Waals surface area (Å²) in [6, 6.07) is 0. The molecule has 0 rings (SSSR count). The van der Waals surface area contributed by atoms with E-state index in [0.29, 0.717) is 6.42 Å². The Morgan fingerprint density at radius 1 is 1.64 bits per heavy atom. The van der Waals surface area contributed by atoms with Crippen LogP contribution in [0.25, 0.3) is 0 Å². The Hall–Kier alpha value is -1.32. The van der Waals surface area contributed by atoms with E-state index in [0.717, 1.165) is 11.0 Å². The standard InChI is InChI=1S/C7H11NO3/c1-3-5-8(7(10)11)6(9)4-2/h4H,2-3,5H2,1H3,(H,10,11). The summed E-state index contributed by atoms with van der Waals surface area (Å²) < 4.78 is 0. The van der Waals surface area contributed by atoms with Crippen LogP contribution in [0.4, 0.5) is 4.79 Å². The Balaban J connectivity index is 4.20. The summed E-state index contributed by atoms with van der Waals surface area (Å²) in [6.07, 6.45) is 0.382. The monoisotopic (exact) mass is 157 g/mol. The van der Waals surface area contributed by atoms with Crippen LogP contribution in [-0.2, 0) is 4.79 Å². The van der Waals surface area contributed by atoms with Crippen LogP contribution in [0, 0.1) is 0 Å². The van der Waals surface area contributed by atoms with E-state index in [4.69, 9.17) is 5.11 Å². The number of carbonyl (C=O) groups is 2. The van der Waals surface area contributed by atoms with Crippen molar-refractivity contribution in [1.29, 1.82) is 0 Å². The van der Waals surface area contributed by atoms with E-state index in [-0.39, 0.29) is 6.54 Å². The van der Waals surface area contributed by atoms with Gasteiger partial charge in [-0.3, -0.25) is 4.79 Å². The molecule has 0 aromatic rings. The quantitative estimate of drug-likeness (QED) is 0.624. The van der Waals surface area contributed by atoms with Crippen molar-refractivity contribution in [2.24, 2.45) is 0 Å². The van der Waals surface area contributed by atoms with Gasteiger partial charge in [-0.25, -0.2) is 9.69 Å². The second-order valence-electron chi connectivity index (χ2n) is 1.98. The van der Waals surface area contributed by atoms with Crippen LogP contribution in [0.2, 0.25) is 0 Å². The molecule has 0 aliphatic heterocycles. The normalized spacial score (nSPS) is 8.82. The molecule has 1 N–H and O–H groups in total. The van der Waals surface area contributed by atoms with Gasteiger partial charge in [0.25, 0.3) is 5.91 Å². The van der Waals surface area contributed by atoms with E-state index in [2.05, 4.69) is 6.58 Å². The Bertz CT molecular complexity index is 177. The zero-order valence-corrected chi connectivity index (χ0v) is 6.41. The summed E-state index contributed by atoms with van der Waals surface area (Å²) in [5.41, 5.74) is 0. The second-order valence-corrected chi connectivity index (χ2v) is 1.98. The molecule has 0 heterocycles. The van der Waals surface area contributed by atoms with Gasteiger partial charge in [0, 0.05) is 6.54 Å². The van der Waals surface area contributed by atoms with Gasteiger partial charge >= 0.3 is 6.09 Å². The van der Waals surface area contributed by atoms with Gasteiger partial charge in [0.05, 0.1) is 0 Å². The van der Waals surface area contributed by atoms with Gasteiger partial charge in [-0.05, 0) is 12.5 Å². The number of carbonyl (C=O) groups excluding carboxylic acids is 1. The summed E-state index contributed by atoms with van der Waals surface area (Å²) >= 11 is 0. The van der Waals surface area contributed by atoms with Crippen molar-refractivity contribution in [3.8, 4) is 0 Å². The third-order valence-corrected chi connectivity index (χ3v) is 1.12. The highest BCUT2D eigenvalue weighted by atomic mass is 16.4. The van der Waals surface area contributed by atoms with Crippen molar-refractivity contribution >= 4 is 12.0 Å². The molecular weight excluding hydrogens is 146 g/mol. The van der Waals surface area contributed by atoms with Crippen LogP contribution in [0.15, 0.2) is 12.7 Å². The zero-order chi connectivity index (χ0) is 8.85. The summed E-state index contributed by atoms with van der Waals surface area (Å²) in [5, 5.41) is 8.46. The first-order valence-electron chi connectivity index (χ1n) is 3.30. The smallest absolute Gasteiger partial charge is 0.414 e. The minimum absolute atomic E-state index is 0.222. The molecule has 4 heteroatoms. The van der Waals surface area contributed by atoms with E-state index < -0.39 is 12.0 Å². The van der Waals surface area contributed by atoms with Crippen molar-refractivity contribution in [1.82, 2.24) is 4.90 Å². The lowest BCUT2D eigenvalue weighted by molar-refractivity contribution is -0.124. The van der Waals surface area contributed by atoms with E-state index in [9.17, 15) is 9.59 Å². The average molecular weight is 157 g/mol. The first kappa shape index (κ1) is 9.68. The van der Waals surface area contributed by atoms with Crippen LogP contribution in [-0.4, -0.2) is 28.6 Å². The predicted octanol–water partition coefficient (Wildman–Crippen LogP) is 1.09. The molecule has 11 heavy (non-hydrogen) atoms. The Labute approximate surface area is 65.1 Å². The Kier molecular flexibility index (Phi) is 3.95. The number of imide groups is 1. The van der Waals surface area contributed by atoms with Crippen LogP contribution < -0.4 is 0 Å². The lowest BCUT2D eigenvalue weighted by Gasteiger charge is -2.12. The van der Waals surface area contributed by atoms with Crippen molar-refractivity contribution in [2.75, 3.05) is 6.54 Å². The van der Waals surface area contributed by atoms with Gasteiger partial charge in [0.1, 0.15) is 0 Å². The highest BCUT2D eigenvalue weighted by molar-refractivity contribution is 5.97. The largest absolute Gasteiger partial charge is 0.465 e. The molecule has 4 nitrogen and oxygen atoms in total. The lowest BCUT2D eigenvalue weighted by atomic mass is 10.4. The average Bonchev–Trinajstić information content (AvgIpc) is 1.98. The number of nitrogens with zero attached hydrogens (tertiary/aromatic N) is 1. The van der Waals surface area contributed by atoms with Crippen LogP contribution in [0.3, 0.4) is 0 Å². The van der Waals surface area contributed by atoms with Gasteiger partial charge in [0.2, 0.25) is 0 Å². The predicted molar refractivity (Wildman–Crippen MR) is 40.2 cm³/mol. The number of carboxylic acid groups (broad SMARTS) is 1. The molecule has 0 radical (unpaired) electrons. The van der Waals surface area contributed by atoms with Gasteiger partial charge in [0.15, 0.2) is 0 Å². The van der Waals surface area contributed by atoms with E-state index in [1.165, 1.54) is 0 Å². The summed E-state index contributed by atoms with van der Waals surface area (Å²) in [6.45, 7) is 5.21. The zero-order valence-electron chi connectivity index (χ0n) is 6.41. The highest BCUT2D eigenvalue weighted by Crippen LogP contribution is 1.93. The molecule has 0 saturated carbocycles. The van der Waals surface area contributed by atoms with Gasteiger partial charge in [-0.2, -0.15) is 0 Å². The lowest BCUT2D eigenvalue weighted by Crippen LogP contribution is -2.34. The molecule has 2 amide bonds. The molecule has 0 bridgehead atoms. The van der Waals surface area contributed by atoms with E-state index in [1.807, 2.05) is 0 Å². The van der Waals surface area contributed by atoms with Gasteiger partial charge < -0.3 is 5.11 Å². The van der Waals surface area contributed by atoms with Crippen LogP contribution in [0.1, 0.15) is 13.3 Å². The second kappa shape index (κ2) is 4.49. The number of hydrogen-bond acceptors (Lipinski definition) is 2. The molecule has 0 aromatic carbocycles. The van der Waals surface area contributed by atoms with Crippen molar-refractivity contribution < 1.29 is 14.7 Å². The summed E-state index contributed by atoms with van der Waals surface area (Å²) in [5.74, 6) is -0.570. The van der Waals surface area contributed by atoms with E-state index in [1.54, 1.807) is 6.92 Å². The molecule has 0 aromatic heterocycles. The molecule has 0 saturated heterocycles. The molecule has 0 atom stereocenters. The van der Waals surface area contributed by atoms with Crippen LogP contribution >= 0.6 is 0 Å². The van der Waals surface area contributed by atoms with Crippen LogP contribution in [0.5, 0.6) is 0 Å². The summed E-state index contributed by atoms with van der Waals surface area (Å²) in [7, 11) is 0. The fraction of sp³-hybridized carbons (Fsp3) is 0.429. The fourth-order valence-corrected chi connectivity index (χ4v) is 0.634. The highest BCUT2D eigenvalue weighted by Gasteiger charge is 2.15. The molecular formula is C7H11NO3. The molecule has 0 spiro atoms. The Morgan fingerprint density at radius 2 is 2.18 bits per heavy atom. The van der Waals surface area contributed by atoms with E-state index >= 15 is 0 Å². The molecule has 0 unspecified atom stereocenters. The fourth-order valence-electron chi connectivity index (χ4n) is 0.634. The minimum atomic E-state index is -1.23. The topological polar surface area (TPSA) is 57.6 Å². The summed E-state index contributed by atoms with van der Waals surface area (Å²) in [4.78, 5) is 21.8. The van der Waals surface area contributed by atoms with Gasteiger partial charge in [-0.15, -0.1) is 0 Å². The third kappa shape index (κ3) is 2.84. The maximum atomic E-state index is 10.8. The maximum absolute atomic E-state index is 10.8. The first-order chi connectivity index (χ1) is 5.13. The van der Waals surface area contributed by atoms with Gasteiger partial charge in [-0.1, -0.05) is 13.5 Å². The molecule has 0 fully saturated rings. The van der Waals surface area contributed by atoms with Crippen molar-refractivity contribution in [3.63, 3.8) is 0 Å². The molecule has 62 valence electrons. The SMILES string of the molecule is C=CC(=O)N(CCC)C(=O)O. The van der Waals surface area contributed by atoms with Crippen molar-refractivity contribution in [2.45, 2.75) is 13.3 Å². The minimum Gasteiger partial charge on any atom is -0.465 e. The maximum Gasteiger partial charge on any atom is 0.414 e. The Morgan fingerprint density at radius 3 is 2.45 bits per heavy atom.